The normalized spacial score (nSPS) is 13.9. The second kappa shape index (κ2) is 4.23. The minimum atomic E-state index is 0.110. The fourth-order valence-electron chi connectivity index (χ4n) is 1.84. The van der Waals surface area contributed by atoms with Crippen LogP contribution >= 0.6 is 15.9 Å². The van der Waals surface area contributed by atoms with Crippen molar-refractivity contribution >= 4 is 27.5 Å². The Hall–Kier alpha value is -1.03. The van der Waals surface area contributed by atoms with Crippen LogP contribution < -0.4 is 9.64 Å². The summed E-state index contributed by atoms with van der Waals surface area (Å²) in [4.78, 5) is 13.4. The van der Waals surface area contributed by atoms with Crippen LogP contribution in [-0.4, -0.2) is 24.9 Å². The number of benzene rings is 1. The van der Waals surface area contributed by atoms with Gasteiger partial charge < -0.3 is 9.64 Å². The number of methoxy groups -OCH3 is 1. The Kier molecular flexibility index (Phi) is 2.95. The van der Waals surface area contributed by atoms with Gasteiger partial charge in [-0.25, -0.2) is 0 Å². The predicted octanol–water partition coefficient (Wildman–Crippen LogP) is 1.98. The van der Waals surface area contributed by atoms with Crippen molar-refractivity contribution in [3.05, 3.63) is 23.8 Å². The Morgan fingerprint density at radius 1 is 1.60 bits per heavy atom. The molecular weight excluding hydrogens is 258 g/mol. The second-order valence-corrected chi connectivity index (χ2v) is 3.98. The molecule has 15 heavy (non-hydrogen) atoms. The lowest BCUT2D eigenvalue weighted by molar-refractivity contribution is -0.116. The highest BCUT2D eigenvalue weighted by molar-refractivity contribution is 9.09. The number of halogens is 1. The smallest absolute Gasteiger partial charge is 0.237 e. The topological polar surface area (TPSA) is 29.5 Å². The van der Waals surface area contributed by atoms with Crippen LogP contribution in [0.15, 0.2) is 18.2 Å². The summed E-state index contributed by atoms with van der Waals surface area (Å²) in [6, 6.07) is 5.83. The minimum absolute atomic E-state index is 0.110. The zero-order chi connectivity index (χ0) is 10.8. The first-order valence-corrected chi connectivity index (χ1v) is 5.91. The van der Waals surface area contributed by atoms with Gasteiger partial charge in [-0.15, -0.1) is 0 Å². The molecule has 0 N–H and O–H groups in total. The van der Waals surface area contributed by atoms with Gasteiger partial charge in [0.05, 0.1) is 12.4 Å². The van der Waals surface area contributed by atoms with Gasteiger partial charge in [-0.2, -0.15) is 0 Å². The van der Waals surface area contributed by atoms with Crippen LogP contribution in [0.25, 0.3) is 0 Å². The van der Waals surface area contributed by atoms with Crippen LogP contribution in [-0.2, 0) is 11.2 Å². The summed E-state index contributed by atoms with van der Waals surface area (Å²) >= 11 is 3.19. The molecule has 1 amide bonds. The van der Waals surface area contributed by atoms with E-state index in [1.807, 2.05) is 23.1 Å². The fourth-order valence-corrected chi connectivity index (χ4v) is 2.14. The number of anilines is 1. The average molecular weight is 270 g/mol. The van der Waals surface area contributed by atoms with Crippen LogP contribution in [0.5, 0.6) is 5.75 Å². The highest BCUT2D eigenvalue weighted by Gasteiger charge is 2.23. The molecule has 0 spiro atoms. The van der Waals surface area contributed by atoms with E-state index in [0.717, 1.165) is 24.4 Å². The summed E-state index contributed by atoms with van der Waals surface area (Å²) in [5, 5.41) is 0.373. The molecule has 1 aliphatic rings. The van der Waals surface area contributed by atoms with E-state index in [4.69, 9.17) is 4.74 Å². The quantitative estimate of drug-likeness (QED) is 0.769. The van der Waals surface area contributed by atoms with E-state index in [1.54, 1.807) is 7.11 Å². The Balaban J connectivity index is 2.32. The van der Waals surface area contributed by atoms with Gasteiger partial charge in [0, 0.05) is 12.2 Å². The molecule has 1 aromatic carbocycles. The molecule has 80 valence electrons. The van der Waals surface area contributed by atoms with E-state index >= 15 is 0 Å². The molecule has 0 atom stereocenters. The molecule has 0 fully saturated rings. The Morgan fingerprint density at radius 3 is 3.07 bits per heavy atom. The first-order chi connectivity index (χ1) is 7.26. The van der Waals surface area contributed by atoms with Crippen LogP contribution in [0.4, 0.5) is 5.69 Å². The standard InChI is InChI=1S/C11H12BrNO2/c1-15-9-2-3-10-8(6-9)4-5-13(10)11(14)7-12/h2-3,6H,4-5,7H2,1H3. The van der Waals surface area contributed by atoms with E-state index in [-0.39, 0.29) is 5.91 Å². The zero-order valence-electron chi connectivity index (χ0n) is 8.50. The summed E-state index contributed by atoms with van der Waals surface area (Å²) in [7, 11) is 1.65. The second-order valence-electron chi connectivity index (χ2n) is 3.42. The molecular formula is C11H12BrNO2. The number of carbonyl (C=O) groups excluding carboxylic acids is 1. The monoisotopic (exact) mass is 269 g/mol. The number of hydrogen-bond donors (Lipinski definition) is 0. The summed E-state index contributed by atoms with van der Waals surface area (Å²) in [6.07, 6.45) is 0.908. The third-order valence-electron chi connectivity index (χ3n) is 2.60. The van der Waals surface area contributed by atoms with Crippen molar-refractivity contribution in [2.24, 2.45) is 0 Å². The number of alkyl halides is 1. The molecule has 3 nitrogen and oxygen atoms in total. The molecule has 0 aromatic heterocycles. The van der Waals surface area contributed by atoms with Gasteiger partial charge in [-0.05, 0) is 30.2 Å². The number of fused-ring (bicyclic) bond motifs is 1. The van der Waals surface area contributed by atoms with Crippen molar-refractivity contribution in [3.8, 4) is 5.75 Å². The summed E-state index contributed by atoms with van der Waals surface area (Å²) in [5.74, 6) is 0.959. The molecule has 0 aliphatic carbocycles. The van der Waals surface area contributed by atoms with E-state index in [1.165, 1.54) is 5.56 Å². The summed E-state index contributed by atoms with van der Waals surface area (Å²) < 4.78 is 5.15. The SMILES string of the molecule is COc1ccc2c(c1)CCN2C(=O)CBr. The lowest BCUT2D eigenvalue weighted by atomic mass is 10.1. The van der Waals surface area contributed by atoms with Gasteiger partial charge in [0.1, 0.15) is 5.75 Å². The van der Waals surface area contributed by atoms with Crippen molar-refractivity contribution < 1.29 is 9.53 Å². The molecule has 0 unspecified atom stereocenters. The Morgan fingerprint density at radius 2 is 2.40 bits per heavy atom. The Bertz CT molecular complexity index is 392. The summed E-state index contributed by atoms with van der Waals surface area (Å²) in [6.45, 7) is 0.771. The third-order valence-corrected chi connectivity index (χ3v) is 3.08. The van der Waals surface area contributed by atoms with Crippen molar-refractivity contribution in [2.75, 3.05) is 23.9 Å². The maximum Gasteiger partial charge on any atom is 0.237 e. The van der Waals surface area contributed by atoms with E-state index < -0.39 is 0 Å². The van der Waals surface area contributed by atoms with Gasteiger partial charge >= 0.3 is 0 Å². The molecule has 0 radical (unpaired) electrons. The van der Waals surface area contributed by atoms with Crippen molar-refractivity contribution in [1.29, 1.82) is 0 Å². The van der Waals surface area contributed by atoms with E-state index in [9.17, 15) is 4.79 Å². The fraction of sp³-hybridized carbons (Fsp3) is 0.364. The van der Waals surface area contributed by atoms with E-state index in [0.29, 0.717) is 5.33 Å². The maximum absolute atomic E-state index is 11.6. The molecule has 1 aromatic rings. The molecule has 0 bridgehead atoms. The number of nitrogens with zero attached hydrogens (tertiary/aromatic N) is 1. The molecule has 0 saturated carbocycles. The minimum Gasteiger partial charge on any atom is -0.497 e. The Labute approximate surface area is 97.2 Å². The van der Waals surface area contributed by atoms with Crippen LogP contribution in [0, 0.1) is 0 Å². The number of rotatable bonds is 2. The van der Waals surface area contributed by atoms with Crippen LogP contribution in [0.3, 0.4) is 0 Å². The molecule has 4 heteroatoms. The zero-order valence-corrected chi connectivity index (χ0v) is 10.1. The molecule has 2 rings (SSSR count). The largest absolute Gasteiger partial charge is 0.497 e. The van der Waals surface area contributed by atoms with Gasteiger partial charge in [0.2, 0.25) is 5.91 Å². The first kappa shape index (κ1) is 10.5. The average Bonchev–Trinajstić information content (AvgIpc) is 2.70. The predicted molar refractivity (Wildman–Crippen MR) is 62.8 cm³/mol. The van der Waals surface area contributed by atoms with Gasteiger partial charge in [-0.1, -0.05) is 15.9 Å². The van der Waals surface area contributed by atoms with E-state index in [2.05, 4.69) is 15.9 Å². The van der Waals surface area contributed by atoms with Gasteiger partial charge in [-0.3, -0.25) is 4.79 Å². The van der Waals surface area contributed by atoms with Crippen LogP contribution in [0.2, 0.25) is 0 Å². The number of carbonyl (C=O) groups is 1. The van der Waals surface area contributed by atoms with Crippen molar-refractivity contribution in [2.45, 2.75) is 6.42 Å². The van der Waals surface area contributed by atoms with Crippen LogP contribution in [0.1, 0.15) is 5.56 Å². The maximum atomic E-state index is 11.6. The first-order valence-electron chi connectivity index (χ1n) is 4.79. The van der Waals surface area contributed by atoms with Crippen molar-refractivity contribution in [3.63, 3.8) is 0 Å². The number of ether oxygens (including phenoxy) is 1. The molecule has 0 saturated heterocycles. The number of amides is 1. The summed E-state index contributed by atoms with van der Waals surface area (Å²) in [5.41, 5.74) is 2.20. The molecule has 1 aliphatic heterocycles. The lowest BCUT2D eigenvalue weighted by Crippen LogP contribution is -2.29. The highest BCUT2D eigenvalue weighted by Crippen LogP contribution is 2.31. The molecule has 1 heterocycles. The number of hydrogen-bond acceptors (Lipinski definition) is 2. The third kappa shape index (κ3) is 1.86. The van der Waals surface area contributed by atoms with Gasteiger partial charge in [0.25, 0.3) is 0 Å². The highest BCUT2D eigenvalue weighted by atomic mass is 79.9. The lowest BCUT2D eigenvalue weighted by Gasteiger charge is -2.15. The van der Waals surface area contributed by atoms with Crippen molar-refractivity contribution in [1.82, 2.24) is 0 Å². The van der Waals surface area contributed by atoms with Gasteiger partial charge in [0.15, 0.2) is 0 Å².